The predicted octanol–water partition coefficient (Wildman–Crippen LogP) is 2.99. The van der Waals surface area contributed by atoms with Crippen molar-refractivity contribution < 1.29 is 9.22 Å². The largest absolute Gasteiger partial charge is 0.417 e. The van der Waals surface area contributed by atoms with Gasteiger partial charge in [0.25, 0.3) is 0 Å². The molecule has 0 heterocycles. The fourth-order valence-electron chi connectivity index (χ4n) is 0.818. The molecule has 3 heteroatoms. The van der Waals surface area contributed by atoms with E-state index >= 15 is 0 Å². The van der Waals surface area contributed by atoms with Gasteiger partial charge in [-0.05, 0) is 30.5 Å². The van der Waals surface area contributed by atoms with Gasteiger partial charge >= 0.3 is 0 Å². The molecule has 0 saturated heterocycles. The SMILES string of the molecule is CC(C)(C)[Si](C)(C)OCCCC#CC=O. The highest BCUT2D eigenvalue weighted by atomic mass is 28.4. The third kappa shape index (κ3) is 5.76. The molecule has 0 bridgehead atoms. The maximum atomic E-state index is 9.93. The van der Waals surface area contributed by atoms with E-state index in [2.05, 4.69) is 45.7 Å². The lowest BCUT2D eigenvalue weighted by Crippen LogP contribution is -2.40. The van der Waals surface area contributed by atoms with Crippen LogP contribution < -0.4 is 0 Å². The molecule has 0 rings (SSSR count). The van der Waals surface area contributed by atoms with E-state index in [1.54, 1.807) is 0 Å². The summed E-state index contributed by atoms with van der Waals surface area (Å²) >= 11 is 0. The molecule has 0 N–H and O–H groups in total. The smallest absolute Gasteiger partial charge is 0.192 e. The molecule has 0 aliphatic carbocycles. The summed E-state index contributed by atoms with van der Waals surface area (Å²) in [5, 5.41) is 0.265. The molecular formula is C12H22O2Si. The molecule has 0 amide bonds. The summed E-state index contributed by atoms with van der Waals surface area (Å²) in [4.78, 5) is 9.93. The Labute approximate surface area is 94.5 Å². The number of carbonyl (C=O) groups is 1. The molecule has 0 spiro atoms. The van der Waals surface area contributed by atoms with Crippen LogP contribution in [-0.4, -0.2) is 21.2 Å². The van der Waals surface area contributed by atoms with E-state index < -0.39 is 8.32 Å². The first kappa shape index (κ1) is 14.4. The van der Waals surface area contributed by atoms with Crippen molar-refractivity contribution in [1.29, 1.82) is 0 Å². The number of rotatable bonds is 4. The van der Waals surface area contributed by atoms with Gasteiger partial charge in [-0.15, -0.1) is 0 Å². The van der Waals surface area contributed by atoms with Crippen LogP contribution in [-0.2, 0) is 9.22 Å². The van der Waals surface area contributed by atoms with Crippen molar-refractivity contribution in [2.24, 2.45) is 0 Å². The van der Waals surface area contributed by atoms with Gasteiger partial charge in [-0.25, -0.2) is 0 Å². The summed E-state index contributed by atoms with van der Waals surface area (Å²) in [6.45, 7) is 11.9. The highest BCUT2D eigenvalue weighted by molar-refractivity contribution is 6.74. The molecule has 0 aromatic rings. The van der Waals surface area contributed by atoms with Gasteiger partial charge in [0.2, 0.25) is 0 Å². The van der Waals surface area contributed by atoms with E-state index in [0.29, 0.717) is 6.29 Å². The predicted molar refractivity (Wildman–Crippen MR) is 66.2 cm³/mol. The Morgan fingerprint density at radius 1 is 1.33 bits per heavy atom. The van der Waals surface area contributed by atoms with E-state index in [-0.39, 0.29) is 5.04 Å². The van der Waals surface area contributed by atoms with Gasteiger partial charge in [0.15, 0.2) is 14.6 Å². The molecule has 0 atom stereocenters. The van der Waals surface area contributed by atoms with Crippen LogP contribution in [0, 0.1) is 11.8 Å². The Hall–Kier alpha value is -0.593. The molecule has 0 aliphatic heterocycles. The minimum Gasteiger partial charge on any atom is -0.417 e. The van der Waals surface area contributed by atoms with E-state index in [0.717, 1.165) is 19.4 Å². The zero-order valence-electron chi connectivity index (χ0n) is 10.5. The summed E-state index contributed by atoms with van der Waals surface area (Å²) in [6, 6.07) is 0. The summed E-state index contributed by atoms with van der Waals surface area (Å²) in [7, 11) is -1.59. The topological polar surface area (TPSA) is 26.3 Å². The fraction of sp³-hybridized carbons (Fsp3) is 0.750. The third-order valence-corrected chi connectivity index (χ3v) is 7.41. The number of carbonyl (C=O) groups excluding carboxylic acids is 1. The van der Waals surface area contributed by atoms with Crippen molar-refractivity contribution in [3.05, 3.63) is 0 Å². The Morgan fingerprint density at radius 3 is 2.40 bits per heavy atom. The standard InChI is InChI=1S/C12H22O2Si/c1-12(2,3)15(4,5)14-11-9-7-6-8-10-13/h10H,7,9,11H2,1-5H3. The van der Waals surface area contributed by atoms with Crippen LogP contribution in [0.3, 0.4) is 0 Å². The average molecular weight is 226 g/mol. The summed E-state index contributed by atoms with van der Waals surface area (Å²) in [5.74, 6) is 5.18. The van der Waals surface area contributed by atoms with Gasteiger partial charge in [0.1, 0.15) is 0 Å². The molecule has 0 unspecified atom stereocenters. The molecular weight excluding hydrogens is 204 g/mol. The Bertz CT molecular complexity index is 253. The van der Waals surface area contributed by atoms with E-state index in [1.807, 2.05) is 0 Å². The second-order valence-electron chi connectivity index (χ2n) is 5.15. The molecule has 2 nitrogen and oxygen atoms in total. The third-order valence-electron chi connectivity index (χ3n) is 2.88. The fourth-order valence-corrected chi connectivity index (χ4v) is 1.91. The monoisotopic (exact) mass is 226 g/mol. The van der Waals surface area contributed by atoms with Crippen molar-refractivity contribution in [1.82, 2.24) is 0 Å². The first-order valence-corrected chi connectivity index (χ1v) is 8.28. The first-order valence-electron chi connectivity index (χ1n) is 5.37. The number of aldehydes is 1. The summed E-state index contributed by atoms with van der Waals surface area (Å²) < 4.78 is 5.96. The summed E-state index contributed by atoms with van der Waals surface area (Å²) in [5.41, 5.74) is 0. The summed E-state index contributed by atoms with van der Waals surface area (Å²) in [6.07, 6.45) is 2.29. The molecule has 0 fully saturated rings. The van der Waals surface area contributed by atoms with Crippen LogP contribution in [0.2, 0.25) is 18.1 Å². The molecule has 0 aromatic carbocycles. The van der Waals surface area contributed by atoms with Crippen LogP contribution >= 0.6 is 0 Å². The minimum absolute atomic E-state index is 0.265. The van der Waals surface area contributed by atoms with E-state index in [4.69, 9.17) is 4.43 Å². The molecule has 0 aliphatic rings. The second kappa shape index (κ2) is 6.09. The number of unbranched alkanes of at least 4 members (excludes halogenated alkanes) is 1. The van der Waals surface area contributed by atoms with Crippen LogP contribution in [0.25, 0.3) is 0 Å². The minimum atomic E-state index is -1.59. The number of hydrogen-bond donors (Lipinski definition) is 0. The van der Waals surface area contributed by atoms with Crippen molar-refractivity contribution in [3.63, 3.8) is 0 Å². The molecule has 0 saturated carbocycles. The lowest BCUT2D eigenvalue weighted by molar-refractivity contribution is -0.103. The van der Waals surface area contributed by atoms with Crippen molar-refractivity contribution >= 4 is 14.6 Å². The van der Waals surface area contributed by atoms with Gasteiger partial charge in [-0.2, -0.15) is 0 Å². The molecule has 0 aromatic heterocycles. The molecule has 0 radical (unpaired) electrons. The van der Waals surface area contributed by atoms with Crippen LogP contribution in [0.15, 0.2) is 0 Å². The highest BCUT2D eigenvalue weighted by Gasteiger charge is 2.36. The van der Waals surface area contributed by atoms with Gasteiger partial charge < -0.3 is 4.43 Å². The molecule has 86 valence electrons. The van der Waals surface area contributed by atoms with Crippen molar-refractivity contribution in [2.75, 3.05) is 6.61 Å². The Morgan fingerprint density at radius 2 is 1.93 bits per heavy atom. The van der Waals surface area contributed by atoms with Crippen molar-refractivity contribution in [3.8, 4) is 11.8 Å². The van der Waals surface area contributed by atoms with Gasteiger partial charge in [0.05, 0.1) is 0 Å². The lowest BCUT2D eigenvalue weighted by Gasteiger charge is -2.36. The van der Waals surface area contributed by atoms with Gasteiger partial charge in [-0.1, -0.05) is 26.7 Å². The lowest BCUT2D eigenvalue weighted by atomic mass is 10.2. The zero-order chi connectivity index (χ0) is 11.9. The van der Waals surface area contributed by atoms with Crippen LogP contribution in [0.5, 0.6) is 0 Å². The maximum absolute atomic E-state index is 9.93. The zero-order valence-corrected chi connectivity index (χ0v) is 11.5. The first-order chi connectivity index (χ1) is 6.81. The molecule has 15 heavy (non-hydrogen) atoms. The van der Waals surface area contributed by atoms with Gasteiger partial charge in [0, 0.05) is 13.0 Å². The Balaban J connectivity index is 3.81. The van der Waals surface area contributed by atoms with E-state index in [9.17, 15) is 4.79 Å². The van der Waals surface area contributed by atoms with Crippen LogP contribution in [0.1, 0.15) is 33.6 Å². The van der Waals surface area contributed by atoms with Gasteiger partial charge in [-0.3, -0.25) is 4.79 Å². The second-order valence-corrected chi connectivity index (χ2v) is 9.96. The highest BCUT2D eigenvalue weighted by Crippen LogP contribution is 2.36. The average Bonchev–Trinajstić information content (AvgIpc) is 2.09. The Kier molecular flexibility index (Phi) is 5.85. The maximum Gasteiger partial charge on any atom is 0.192 e. The van der Waals surface area contributed by atoms with Crippen LogP contribution in [0.4, 0.5) is 0 Å². The normalized spacial score (nSPS) is 11.8. The van der Waals surface area contributed by atoms with E-state index in [1.165, 1.54) is 0 Å². The quantitative estimate of drug-likeness (QED) is 0.319. The number of hydrogen-bond acceptors (Lipinski definition) is 2. The van der Waals surface area contributed by atoms with Crippen molar-refractivity contribution in [2.45, 2.75) is 51.7 Å².